The van der Waals surface area contributed by atoms with Gasteiger partial charge >= 0.3 is 0 Å². The number of anilines is 1. The highest BCUT2D eigenvalue weighted by Gasteiger charge is 2.06. The monoisotopic (exact) mass is 284 g/mol. The van der Waals surface area contributed by atoms with E-state index in [9.17, 15) is 0 Å². The van der Waals surface area contributed by atoms with Crippen LogP contribution in [0.2, 0.25) is 5.02 Å². The maximum absolute atomic E-state index is 6.20. The van der Waals surface area contributed by atoms with Crippen molar-refractivity contribution in [3.63, 3.8) is 0 Å². The molecule has 0 unspecified atom stereocenters. The van der Waals surface area contributed by atoms with Crippen molar-refractivity contribution < 1.29 is 4.74 Å². The molecule has 3 rings (SSSR count). The maximum atomic E-state index is 6.20. The summed E-state index contributed by atoms with van der Waals surface area (Å²) >= 11 is 6.20. The normalized spacial score (nSPS) is 10.5. The van der Waals surface area contributed by atoms with Gasteiger partial charge in [0.25, 0.3) is 0 Å². The average molecular weight is 285 g/mol. The molecule has 0 bridgehead atoms. The molecule has 3 aromatic rings. The second kappa shape index (κ2) is 5.39. The SMILES string of the molecule is CNc1cc(Oc2ccc(Cl)c3ccccc23)ccn1. The van der Waals surface area contributed by atoms with E-state index in [-0.39, 0.29) is 0 Å². The van der Waals surface area contributed by atoms with Gasteiger partial charge in [-0.1, -0.05) is 35.9 Å². The number of hydrogen-bond acceptors (Lipinski definition) is 3. The molecule has 0 aliphatic rings. The number of halogens is 1. The summed E-state index contributed by atoms with van der Waals surface area (Å²) in [6, 6.07) is 15.3. The minimum absolute atomic E-state index is 0.721. The maximum Gasteiger partial charge on any atom is 0.135 e. The summed E-state index contributed by atoms with van der Waals surface area (Å²) in [5.74, 6) is 2.27. The van der Waals surface area contributed by atoms with Crippen LogP contribution in [0.4, 0.5) is 5.82 Å². The number of nitrogens with zero attached hydrogens (tertiary/aromatic N) is 1. The molecule has 0 fully saturated rings. The Bertz CT molecular complexity index is 758. The van der Waals surface area contributed by atoms with Crippen LogP contribution in [-0.2, 0) is 0 Å². The lowest BCUT2D eigenvalue weighted by molar-refractivity contribution is 0.488. The molecule has 0 spiro atoms. The van der Waals surface area contributed by atoms with Crippen molar-refractivity contribution in [2.75, 3.05) is 12.4 Å². The number of ether oxygens (including phenoxy) is 1. The van der Waals surface area contributed by atoms with Gasteiger partial charge in [0, 0.05) is 35.1 Å². The van der Waals surface area contributed by atoms with E-state index in [0.29, 0.717) is 0 Å². The predicted octanol–water partition coefficient (Wildman–Crippen LogP) is 4.72. The molecule has 1 heterocycles. The fourth-order valence-electron chi connectivity index (χ4n) is 2.06. The van der Waals surface area contributed by atoms with Crippen molar-refractivity contribution in [2.24, 2.45) is 0 Å². The fourth-order valence-corrected chi connectivity index (χ4v) is 2.29. The molecule has 2 aromatic carbocycles. The summed E-state index contributed by atoms with van der Waals surface area (Å²) < 4.78 is 5.95. The number of benzene rings is 2. The molecule has 0 saturated heterocycles. The van der Waals surface area contributed by atoms with Gasteiger partial charge in [-0.2, -0.15) is 0 Å². The van der Waals surface area contributed by atoms with Gasteiger partial charge in [-0.3, -0.25) is 0 Å². The van der Waals surface area contributed by atoms with Gasteiger partial charge < -0.3 is 10.1 Å². The van der Waals surface area contributed by atoms with Crippen LogP contribution >= 0.6 is 11.6 Å². The summed E-state index contributed by atoms with van der Waals surface area (Å²) in [5, 5.41) is 5.68. The number of nitrogens with one attached hydrogen (secondary N) is 1. The molecular weight excluding hydrogens is 272 g/mol. The van der Waals surface area contributed by atoms with E-state index in [2.05, 4.69) is 10.3 Å². The van der Waals surface area contributed by atoms with Crippen molar-refractivity contribution in [3.8, 4) is 11.5 Å². The van der Waals surface area contributed by atoms with Gasteiger partial charge in [0.1, 0.15) is 17.3 Å². The number of pyridine rings is 1. The van der Waals surface area contributed by atoms with Crippen molar-refractivity contribution >= 4 is 28.2 Å². The average Bonchev–Trinajstić information content (AvgIpc) is 2.51. The van der Waals surface area contributed by atoms with Gasteiger partial charge in [0.05, 0.1) is 0 Å². The summed E-state index contributed by atoms with van der Waals surface area (Å²) in [5.41, 5.74) is 0. The first-order valence-corrected chi connectivity index (χ1v) is 6.64. The predicted molar refractivity (Wildman–Crippen MR) is 82.8 cm³/mol. The lowest BCUT2D eigenvalue weighted by Gasteiger charge is -2.10. The van der Waals surface area contributed by atoms with Crippen molar-refractivity contribution in [1.29, 1.82) is 0 Å². The summed E-state index contributed by atoms with van der Waals surface area (Å²) in [7, 11) is 1.82. The molecule has 100 valence electrons. The lowest BCUT2D eigenvalue weighted by atomic mass is 10.1. The fraction of sp³-hybridized carbons (Fsp3) is 0.0625. The van der Waals surface area contributed by atoms with E-state index in [0.717, 1.165) is 33.1 Å². The number of aromatic nitrogens is 1. The number of hydrogen-bond donors (Lipinski definition) is 1. The van der Waals surface area contributed by atoms with E-state index in [1.165, 1.54) is 0 Å². The van der Waals surface area contributed by atoms with Crippen LogP contribution in [0.25, 0.3) is 10.8 Å². The molecule has 1 aromatic heterocycles. The quantitative estimate of drug-likeness (QED) is 0.755. The first-order chi connectivity index (χ1) is 9.78. The van der Waals surface area contributed by atoms with Crippen LogP contribution in [-0.4, -0.2) is 12.0 Å². The standard InChI is InChI=1S/C16H13ClN2O/c1-18-16-10-11(8-9-19-16)20-15-7-6-14(17)12-4-2-3-5-13(12)15/h2-10H,1H3,(H,18,19). The van der Waals surface area contributed by atoms with Crippen LogP contribution < -0.4 is 10.1 Å². The molecule has 4 heteroatoms. The van der Waals surface area contributed by atoms with Crippen molar-refractivity contribution in [2.45, 2.75) is 0 Å². The second-order valence-electron chi connectivity index (χ2n) is 4.32. The Hall–Kier alpha value is -2.26. The van der Waals surface area contributed by atoms with Crippen molar-refractivity contribution in [1.82, 2.24) is 4.98 Å². The Balaban J connectivity index is 2.04. The molecule has 0 aliphatic heterocycles. The highest BCUT2D eigenvalue weighted by atomic mass is 35.5. The van der Waals surface area contributed by atoms with E-state index in [1.54, 1.807) is 6.20 Å². The lowest BCUT2D eigenvalue weighted by Crippen LogP contribution is -1.93. The summed E-state index contributed by atoms with van der Waals surface area (Å²) in [4.78, 5) is 4.16. The molecule has 20 heavy (non-hydrogen) atoms. The van der Waals surface area contributed by atoms with E-state index in [1.807, 2.05) is 55.6 Å². The summed E-state index contributed by atoms with van der Waals surface area (Å²) in [6.45, 7) is 0. The Morgan fingerprint density at radius 3 is 2.65 bits per heavy atom. The minimum atomic E-state index is 0.721. The number of rotatable bonds is 3. The minimum Gasteiger partial charge on any atom is -0.457 e. The Kier molecular flexibility index (Phi) is 3.44. The Morgan fingerprint density at radius 2 is 1.85 bits per heavy atom. The molecule has 0 radical (unpaired) electrons. The van der Waals surface area contributed by atoms with Crippen LogP contribution in [0.1, 0.15) is 0 Å². The zero-order valence-electron chi connectivity index (χ0n) is 10.9. The third-order valence-corrected chi connectivity index (χ3v) is 3.38. The van der Waals surface area contributed by atoms with Crippen LogP contribution in [0.5, 0.6) is 11.5 Å². The highest BCUT2D eigenvalue weighted by molar-refractivity contribution is 6.35. The smallest absolute Gasteiger partial charge is 0.135 e. The van der Waals surface area contributed by atoms with Crippen LogP contribution in [0.3, 0.4) is 0 Å². The number of fused-ring (bicyclic) bond motifs is 1. The molecular formula is C16H13ClN2O. The van der Waals surface area contributed by atoms with Gasteiger partial charge in [-0.25, -0.2) is 4.98 Å². The molecule has 1 N–H and O–H groups in total. The first-order valence-electron chi connectivity index (χ1n) is 6.27. The molecule has 0 saturated carbocycles. The van der Waals surface area contributed by atoms with Gasteiger partial charge in [-0.05, 0) is 18.2 Å². The Labute approximate surface area is 122 Å². The van der Waals surface area contributed by atoms with Crippen LogP contribution in [0, 0.1) is 0 Å². The van der Waals surface area contributed by atoms with Gasteiger partial charge in [0.2, 0.25) is 0 Å². The van der Waals surface area contributed by atoms with E-state index in [4.69, 9.17) is 16.3 Å². The van der Waals surface area contributed by atoms with Gasteiger partial charge in [-0.15, -0.1) is 0 Å². The van der Waals surface area contributed by atoms with Crippen molar-refractivity contribution in [3.05, 3.63) is 59.8 Å². The largest absolute Gasteiger partial charge is 0.457 e. The summed E-state index contributed by atoms with van der Waals surface area (Å²) in [6.07, 6.45) is 1.71. The Morgan fingerprint density at radius 1 is 1.05 bits per heavy atom. The topological polar surface area (TPSA) is 34.1 Å². The third-order valence-electron chi connectivity index (χ3n) is 3.05. The van der Waals surface area contributed by atoms with Crippen LogP contribution in [0.15, 0.2) is 54.7 Å². The zero-order valence-corrected chi connectivity index (χ0v) is 11.7. The molecule has 0 amide bonds. The molecule has 0 atom stereocenters. The van der Waals surface area contributed by atoms with E-state index >= 15 is 0 Å². The molecule has 0 aliphatic carbocycles. The highest BCUT2D eigenvalue weighted by Crippen LogP contribution is 2.34. The zero-order chi connectivity index (χ0) is 13.9. The van der Waals surface area contributed by atoms with E-state index < -0.39 is 0 Å². The van der Waals surface area contributed by atoms with Gasteiger partial charge in [0.15, 0.2) is 0 Å². The third kappa shape index (κ3) is 2.40. The molecule has 3 nitrogen and oxygen atoms in total. The first kappa shape index (κ1) is 12.8. The second-order valence-corrected chi connectivity index (χ2v) is 4.73.